The van der Waals surface area contributed by atoms with Gasteiger partial charge in [-0.1, -0.05) is 37.6 Å². The van der Waals surface area contributed by atoms with Crippen molar-refractivity contribution in [1.29, 1.82) is 0 Å². The molecule has 2 heteroatoms. The van der Waals surface area contributed by atoms with Gasteiger partial charge in [0.15, 0.2) is 0 Å². The van der Waals surface area contributed by atoms with Crippen molar-refractivity contribution < 1.29 is 0 Å². The smallest absolute Gasteiger partial charge is 0.0640 e. The molecule has 0 saturated heterocycles. The van der Waals surface area contributed by atoms with Gasteiger partial charge in [-0.25, -0.2) is 0 Å². The van der Waals surface area contributed by atoms with Crippen molar-refractivity contribution >= 4 is 17.3 Å². The molecule has 1 fully saturated rings. The molecule has 3 rings (SSSR count). The Hall–Kier alpha value is -0.690. The van der Waals surface area contributed by atoms with E-state index in [1.54, 1.807) is 0 Å². The van der Waals surface area contributed by atoms with Crippen molar-refractivity contribution in [2.75, 3.05) is 11.9 Å². The first-order valence-electron chi connectivity index (χ1n) is 7.09. The zero-order valence-corrected chi connectivity index (χ0v) is 12.1. The van der Waals surface area contributed by atoms with Crippen molar-refractivity contribution in [3.63, 3.8) is 0 Å². The molecule has 1 aliphatic carbocycles. The van der Waals surface area contributed by atoms with Crippen LogP contribution in [0, 0.1) is 11.3 Å². The van der Waals surface area contributed by atoms with Crippen LogP contribution in [-0.4, -0.2) is 6.54 Å². The third-order valence-electron chi connectivity index (χ3n) is 4.90. The van der Waals surface area contributed by atoms with Gasteiger partial charge in [0.25, 0.3) is 0 Å². The molecule has 1 nitrogen and oxygen atoms in total. The van der Waals surface area contributed by atoms with Crippen molar-refractivity contribution in [2.45, 2.75) is 45.4 Å². The van der Waals surface area contributed by atoms with E-state index in [4.69, 9.17) is 11.6 Å². The normalized spacial score (nSPS) is 26.7. The maximum absolute atomic E-state index is 6.26. The van der Waals surface area contributed by atoms with Crippen LogP contribution in [0.3, 0.4) is 0 Å². The number of nitrogens with one attached hydrogen (secondary N) is 1. The van der Waals surface area contributed by atoms with E-state index in [1.165, 1.54) is 36.9 Å². The van der Waals surface area contributed by atoms with Gasteiger partial charge in [-0.2, -0.15) is 0 Å². The zero-order chi connectivity index (χ0) is 12.8. The highest BCUT2D eigenvalue weighted by atomic mass is 35.5. The van der Waals surface area contributed by atoms with E-state index in [9.17, 15) is 0 Å². The second-order valence-corrected chi connectivity index (χ2v) is 7.10. The second-order valence-electron chi connectivity index (χ2n) is 6.69. The molecule has 1 aromatic rings. The van der Waals surface area contributed by atoms with Crippen molar-refractivity contribution in [1.82, 2.24) is 0 Å². The predicted octanol–water partition coefficient (Wildman–Crippen LogP) is 5.07. The highest BCUT2D eigenvalue weighted by Crippen LogP contribution is 2.48. The predicted molar refractivity (Wildman–Crippen MR) is 78.4 cm³/mol. The largest absolute Gasteiger partial charge is 0.383 e. The van der Waals surface area contributed by atoms with E-state index in [-0.39, 0.29) is 0 Å². The molecule has 0 amide bonds. The van der Waals surface area contributed by atoms with Crippen LogP contribution in [0.1, 0.15) is 51.0 Å². The summed E-state index contributed by atoms with van der Waals surface area (Å²) in [6.45, 7) is 5.88. The lowest BCUT2D eigenvalue weighted by Crippen LogP contribution is -2.25. The third-order valence-corrected chi connectivity index (χ3v) is 5.21. The molecule has 1 heterocycles. The van der Waals surface area contributed by atoms with Gasteiger partial charge < -0.3 is 5.32 Å². The molecule has 0 aromatic heterocycles. The van der Waals surface area contributed by atoms with E-state index in [1.807, 2.05) is 6.07 Å². The zero-order valence-electron chi connectivity index (χ0n) is 11.3. The van der Waals surface area contributed by atoms with Crippen LogP contribution >= 0.6 is 11.6 Å². The SMILES string of the molecule is CC1(C)CCC(C2CNc3c(Cl)cccc32)CC1. The first-order chi connectivity index (χ1) is 8.57. The Labute approximate surface area is 115 Å². The average molecular weight is 264 g/mol. The Balaban J connectivity index is 1.79. The minimum Gasteiger partial charge on any atom is -0.383 e. The lowest BCUT2D eigenvalue weighted by molar-refractivity contribution is 0.176. The molecule has 0 radical (unpaired) electrons. The first kappa shape index (κ1) is 12.3. The monoisotopic (exact) mass is 263 g/mol. The van der Waals surface area contributed by atoms with Crippen LogP contribution in [0.2, 0.25) is 5.02 Å². The molecule has 1 saturated carbocycles. The fourth-order valence-corrected chi connectivity index (χ4v) is 3.85. The summed E-state index contributed by atoms with van der Waals surface area (Å²) in [5, 5.41) is 4.39. The van der Waals surface area contributed by atoms with Crippen molar-refractivity contribution in [3.8, 4) is 0 Å². The van der Waals surface area contributed by atoms with Crippen LogP contribution in [-0.2, 0) is 0 Å². The molecule has 2 aliphatic rings. The van der Waals surface area contributed by atoms with Gasteiger partial charge in [-0.05, 0) is 48.6 Å². The van der Waals surface area contributed by atoms with Gasteiger partial charge in [-0.15, -0.1) is 0 Å². The molecule has 0 spiro atoms. The number of fused-ring (bicyclic) bond motifs is 1. The molecule has 1 unspecified atom stereocenters. The third kappa shape index (κ3) is 2.14. The number of para-hydroxylation sites is 1. The Morgan fingerprint density at radius 1 is 1.22 bits per heavy atom. The fraction of sp³-hybridized carbons (Fsp3) is 0.625. The molecule has 1 aromatic carbocycles. The Kier molecular flexibility index (Phi) is 3.05. The molecular formula is C16H22ClN. The number of benzene rings is 1. The van der Waals surface area contributed by atoms with Gasteiger partial charge in [0.1, 0.15) is 0 Å². The number of halogens is 1. The second kappa shape index (κ2) is 4.45. The average Bonchev–Trinajstić information content (AvgIpc) is 2.74. The van der Waals surface area contributed by atoms with Crippen LogP contribution in [0.25, 0.3) is 0 Å². The Morgan fingerprint density at radius 2 is 1.94 bits per heavy atom. The molecule has 1 N–H and O–H groups in total. The highest BCUT2D eigenvalue weighted by Gasteiger charge is 2.35. The maximum atomic E-state index is 6.26. The van der Waals surface area contributed by atoms with E-state index in [0.717, 1.165) is 17.5 Å². The molecule has 0 bridgehead atoms. The first-order valence-corrected chi connectivity index (χ1v) is 7.47. The van der Waals surface area contributed by atoms with Gasteiger partial charge in [-0.3, -0.25) is 0 Å². The Bertz CT molecular complexity index is 442. The lowest BCUT2D eigenvalue weighted by atomic mass is 9.68. The summed E-state index contributed by atoms with van der Waals surface area (Å²) in [7, 11) is 0. The summed E-state index contributed by atoms with van der Waals surface area (Å²) in [5.41, 5.74) is 3.20. The molecule has 18 heavy (non-hydrogen) atoms. The van der Waals surface area contributed by atoms with Crippen molar-refractivity contribution in [2.24, 2.45) is 11.3 Å². The van der Waals surface area contributed by atoms with Crippen LogP contribution in [0.5, 0.6) is 0 Å². The molecule has 98 valence electrons. The maximum Gasteiger partial charge on any atom is 0.0640 e. The van der Waals surface area contributed by atoms with Crippen LogP contribution < -0.4 is 5.32 Å². The lowest BCUT2D eigenvalue weighted by Gasteiger charge is -2.37. The number of hydrogen-bond acceptors (Lipinski definition) is 1. The summed E-state index contributed by atoms with van der Waals surface area (Å²) in [4.78, 5) is 0. The number of hydrogen-bond donors (Lipinski definition) is 1. The Morgan fingerprint density at radius 3 is 2.67 bits per heavy atom. The van der Waals surface area contributed by atoms with E-state index < -0.39 is 0 Å². The molecule has 1 aliphatic heterocycles. The van der Waals surface area contributed by atoms with Gasteiger partial charge in [0, 0.05) is 12.5 Å². The van der Waals surface area contributed by atoms with Crippen LogP contribution in [0.4, 0.5) is 5.69 Å². The van der Waals surface area contributed by atoms with E-state index >= 15 is 0 Å². The quantitative estimate of drug-likeness (QED) is 0.746. The van der Waals surface area contributed by atoms with Gasteiger partial charge in [0.2, 0.25) is 0 Å². The minimum atomic E-state index is 0.555. The van der Waals surface area contributed by atoms with E-state index in [0.29, 0.717) is 11.3 Å². The van der Waals surface area contributed by atoms with Crippen molar-refractivity contribution in [3.05, 3.63) is 28.8 Å². The number of anilines is 1. The topological polar surface area (TPSA) is 12.0 Å². The summed E-state index contributed by atoms with van der Waals surface area (Å²) < 4.78 is 0. The summed E-state index contributed by atoms with van der Waals surface area (Å²) in [6, 6.07) is 6.33. The van der Waals surface area contributed by atoms with Gasteiger partial charge in [0.05, 0.1) is 10.7 Å². The standard InChI is InChI=1S/C16H22ClN/c1-16(2)8-6-11(7-9-16)13-10-18-15-12(13)4-3-5-14(15)17/h3-5,11,13,18H,6-10H2,1-2H3. The van der Waals surface area contributed by atoms with Crippen LogP contribution in [0.15, 0.2) is 18.2 Å². The molecule has 1 atom stereocenters. The highest BCUT2D eigenvalue weighted by molar-refractivity contribution is 6.33. The summed E-state index contributed by atoms with van der Waals surface area (Å²) in [6.07, 6.45) is 5.46. The summed E-state index contributed by atoms with van der Waals surface area (Å²) in [5.74, 6) is 1.51. The van der Waals surface area contributed by atoms with Gasteiger partial charge >= 0.3 is 0 Å². The van der Waals surface area contributed by atoms with E-state index in [2.05, 4.69) is 31.3 Å². The fourth-order valence-electron chi connectivity index (χ4n) is 3.60. The summed E-state index contributed by atoms with van der Waals surface area (Å²) >= 11 is 6.26. The number of rotatable bonds is 1. The minimum absolute atomic E-state index is 0.555. The molecular weight excluding hydrogens is 242 g/mol.